The van der Waals surface area contributed by atoms with Gasteiger partial charge in [0.1, 0.15) is 5.69 Å². The lowest BCUT2D eigenvalue weighted by Gasteiger charge is -2.17. The van der Waals surface area contributed by atoms with Crippen molar-refractivity contribution < 1.29 is 4.79 Å². The summed E-state index contributed by atoms with van der Waals surface area (Å²) in [5, 5.41) is 2.97. The van der Waals surface area contributed by atoms with Gasteiger partial charge in [-0.2, -0.15) is 0 Å². The van der Waals surface area contributed by atoms with E-state index in [4.69, 9.17) is 11.6 Å². The van der Waals surface area contributed by atoms with E-state index in [0.29, 0.717) is 23.4 Å². The van der Waals surface area contributed by atoms with Crippen LogP contribution < -0.4 is 5.32 Å². The smallest absolute Gasteiger partial charge is 0.269 e. The van der Waals surface area contributed by atoms with Gasteiger partial charge in [-0.15, -0.1) is 11.6 Å². The molecule has 1 N–H and O–H groups in total. The van der Waals surface area contributed by atoms with Crippen LogP contribution in [0.1, 0.15) is 29.8 Å². The van der Waals surface area contributed by atoms with Crippen LogP contribution in [0, 0.1) is 11.8 Å². The summed E-state index contributed by atoms with van der Waals surface area (Å²) >= 11 is 5.92. The van der Waals surface area contributed by atoms with Crippen LogP contribution in [0.4, 0.5) is 0 Å². The lowest BCUT2D eigenvalue weighted by molar-refractivity contribution is 0.0936. The summed E-state index contributed by atoms with van der Waals surface area (Å²) in [5.74, 6) is 1.74. The van der Waals surface area contributed by atoms with Crippen molar-refractivity contribution in [2.75, 3.05) is 12.4 Å². The average Bonchev–Trinajstić information content (AvgIpc) is 2.94. The number of nitrogens with zero attached hydrogens (tertiary/aromatic N) is 2. The third-order valence-corrected chi connectivity index (χ3v) is 3.99. The Morgan fingerprint density at radius 1 is 1.59 bits per heavy atom. The first-order valence-electron chi connectivity index (χ1n) is 6.03. The fourth-order valence-electron chi connectivity index (χ4n) is 2.48. The van der Waals surface area contributed by atoms with E-state index in [2.05, 4.69) is 10.3 Å². The summed E-state index contributed by atoms with van der Waals surface area (Å²) in [6, 6.07) is 0. The number of alkyl halides is 1. The molecule has 1 saturated carbocycles. The van der Waals surface area contributed by atoms with E-state index < -0.39 is 0 Å². The number of carbonyl (C=O) groups is 1. The van der Waals surface area contributed by atoms with Crippen molar-refractivity contribution in [1.82, 2.24) is 14.9 Å². The Hall–Kier alpha value is -1.03. The van der Waals surface area contributed by atoms with Gasteiger partial charge in [0.2, 0.25) is 0 Å². The predicted molar refractivity (Wildman–Crippen MR) is 67.1 cm³/mol. The van der Waals surface area contributed by atoms with Crippen LogP contribution in [0.5, 0.6) is 0 Å². The topological polar surface area (TPSA) is 46.9 Å². The summed E-state index contributed by atoms with van der Waals surface area (Å²) in [6.07, 6.45) is 6.80. The zero-order chi connectivity index (χ0) is 12.3. The van der Waals surface area contributed by atoms with Crippen molar-refractivity contribution in [3.8, 4) is 0 Å². The molecule has 1 amide bonds. The number of rotatable bonds is 4. The van der Waals surface area contributed by atoms with Gasteiger partial charge in [0.25, 0.3) is 5.91 Å². The van der Waals surface area contributed by atoms with Gasteiger partial charge < -0.3 is 9.88 Å². The van der Waals surface area contributed by atoms with Crippen LogP contribution in [0.25, 0.3) is 0 Å². The molecule has 1 aromatic rings. The predicted octanol–water partition coefficient (Wildman–Crippen LogP) is 1.80. The van der Waals surface area contributed by atoms with Gasteiger partial charge in [0.15, 0.2) is 0 Å². The molecule has 94 valence electrons. The monoisotopic (exact) mass is 255 g/mol. The molecule has 0 saturated heterocycles. The maximum atomic E-state index is 11.9. The first-order valence-corrected chi connectivity index (χ1v) is 6.56. The molecule has 0 spiro atoms. The summed E-state index contributed by atoms with van der Waals surface area (Å²) in [5.41, 5.74) is 0.602. The third-order valence-electron chi connectivity index (χ3n) is 3.59. The van der Waals surface area contributed by atoms with E-state index in [1.54, 1.807) is 17.1 Å². The van der Waals surface area contributed by atoms with Crippen LogP contribution in [0.3, 0.4) is 0 Å². The van der Waals surface area contributed by atoms with Crippen molar-refractivity contribution in [2.45, 2.75) is 19.3 Å². The molecule has 1 aliphatic carbocycles. The summed E-state index contributed by atoms with van der Waals surface area (Å²) in [4.78, 5) is 15.8. The molecule has 1 fully saturated rings. The minimum Gasteiger partial charge on any atom is -0.350 e. The van der Waals surface area contributed by atoms with Crippen LogP contribution >= 0.6 is 11.6 Å². The van der Waals surface area contributed by atoms with Gasteiger partial charge in [-0.25, -0.2) is 4.98 Å². The Morgan fingerprint density at radius 2 is 2.35 bits per heavy atom. The number of carbonyl (C=O) groups excluding carboxylic acids is 1. The summed E-state index contributed by atoms with van der Waals surface area (Å²) in [6.45, 7) is 0.724. The summed E-state index contributed by atoms with van der Waals surface area (Å²) < 4.78 is 1.73. The number of hydrogen-bond donors (Lipinski definition) is 1. The summed E-state index contributed by atoms with van der Waals surface area (Å²) in [7, 11) is 1.82. The van der Waals surface area contributed by atoms with Crippen molar-refractivity contribution in [3.63, 3.8) is 0 Å². The second-order valence-corrected chi connectivity index (χ2v) is 5.01. The Morgan fingerprint density at radius 3 is 3.00 bits per heavy atom. The molecule has 0 aliphatic heterocycles. The van der Waals surface area contributed by atoms with Crippen molar-refractivity contribution >= 4 is 17.5 Å². The zero-order valence-electron chi connectivity index (χ0n) is 10.0. The normalized spacial score (nSPS) is 23.9. The molecule has 0 aromatic carbocycles. The van der Waals surface area contributed by atoms with Crippen LogP contribution in [0.15, 0.2) is 12.5 Å². The lowest BCUT2D eigenvalue weighted by atomic mass is 9.98. The maximum absolute atomic E-state index is 11.9. The van der Waals surface area contributed by atoms with E-state index in [1.165, 1.54) is 19.3 Å². The molecule has 0 bridgehead atoms. The highest BCUT2D eigenvalue weighted by atomic mass is 35.5. The molecule has 5 heteroatoms. The van der Waals surface area contributed by atoms with Crippen molar-refractivity contribution in [2.24, 2.45) is 18.9 Å². The number of hydrogen-bond acceptors (Lipinski definition) is 2. The van der Waals surface area contributed by atoms with E-state index in [1.807, 2.05) is 7.05 Å². The van der Waals surface area contributed by atoms with Gasteiger partial charge in [0, 0.05) is 19.5 Å². The number of halogens is 1. The first kappa shape index (κ1) is 12.4. The minimum absolute atomic E-state index is 0.0507. The number of imidazole rings is 1. The Bertz CT molecular complexity index is 391. The molecule has 2 rings (SSSR count). The largest absolute Gasteiger partial charge is 0.350 e. The molecule has 0 radical (unpaired) electrons. The SMILES string of the molecule is Cn1cncc1C(=O)NCC1CCCC1CCl. The molecule has 4 nitrogen and oxygen atoms in total. The van der Waals surface area contributed by atoms with Crippen molar-refractivity contribution in [3.05, 3.63) is 18.2 Å². The fraction of sp³-hybridized carbons (Fsp3) is 0.667. The molecule has 1 heterocycles. The van der Waals surface area contributed by atoms with Gasteiger partial charge >= 0.3 is 0 Å². The maximum Gasteiger partial charge on any atom is 0.269 e. The molecule has 1 aromatic heterocycles. The molecule has 17 heavy (non-hydrogen) atoms. The second kappa shape index (κ2) is 5.54. The number of aromatic nitrogens is 2. The van der Waals surface area contributed by atoms with Gasteiger partial charge in [-0.1, -0.05) is 6.42 Å². The molecule has 1 aliphatic rings. The lowest BCUT2D eigenvalue weighted by Crippen LogP contribution is -2.32. The number of amides is 1. The van der Waals surface area contributed by atoms with E-state index >= 15 is 0 Å². The third kappa shape index (κ3) is 2.80. The van der Waals surface area contributed by atoms with Gasteiger partial charge in [0.05, 0.1) is 12.5 Å². The van der Waals surface area contributed by atoms with Crippen LogP contribution in [-0.4, -0.2) is 27.9 Å². The van der Waals surface area contributed by atoms with E-state index in [0.717, 1.165) is 6.54 Å². The van der Waals surface area contributed by atoms with E-state index in [-0.39, 0.29) is 5.91 Å². The zero-order valence-corrected chi connectivity index (χ0v) is 10.8. The Kier molecular flexibility index (Phi) is 4.05. The highest BCUT2D eigenvalue weighted by Crippen LogP contribution is 2.31. The minimum atomic E-state index is -0.0507. The number of nitrogens with one attached hydrogen (secondary N) is 1. The average molecular weight is 256 g/mol. The highest BCUT2D eigenvalue weighted by molar-refractivity contribution is 6.18. The Balaban J connectivity index is 1.86. The molecular formula is C12H18ClN3O. The highest BCUT2D eigenvalue weighted by Gasteiger charge is 2.26. The molecule has 2 atom stereocenters. The van der Waals surface area contributed by atoms with Crippen molar-refractivity contribution in [1.29, 1.82) is 0 Å². The molecular weight excluding hydrogens is 238 g/mol. The van der Waals surface area contributed by atoms with Crippen LogP contribution in [0.2, 0.25) is 0 Å². The van der Waals surface area contributed by atoms with Gasteiger partial charge in [-0.05, 0) is 24.7 Å². The number of aryl methyl sites for hydroxylation is 1. The van der Waals surface area contributed by atoms with Gasteiger partial charge in [-0.3, -0.25) is 4.79 Å². The van der Waals surface area contributed by atoms with E-state index in [9.17, 15) is 4.79 Å². The fourth-order valence-corrected chi connectivity index (χ4v) is 2.88. The molecule has 2 unspecified atom stereocenters. The van der Waals surface area contributed by atoms with Crippen LogP contribution in [-0.2, 0) is 7.05 Å². The quantitative estimate of drug-likeness (QED) is 0.834. The second-order valence-electron chi connectivity index (χ2n) is 4.71. The first-order chi connectivity index (χ1) is 8.22. The standard InChI is InChI=1S/C12H18ClN3O/c1-16-8-14-7-11(16)12(17)15-6-10-4-2-3-9(10)5-13/h7-10H,2-6H2,1H3,(H,15,17). The Labute approximate surface area is 106 Å².